The van der Waals surface area contributed by atoms with Gasteiger partial charge in [-0.3, -0.25) is 0 Å². The summed E-state index contributed by atoms with van der Waals surface area (Å²) in [4.78, 5) is 1.93. The Morgan fingerprint density at radius 3 is 2.89 bits per heavy atom. The molecule has 0 radical (unpaired) electrons. The van der Waals surface area contributed by atoms with Crippen LogP contribution in [0.15, 0.2) is 36.4 Å². The third-order valence-electron chi connectivity index (χ3n) is 3.42. The molecule has 0 saturated carbocycles. The van der Waals surface area contributed by atoms with Crippen LogP contribution in [0.25, 0.3) is 0 Å². The van der Waals surface area contributed by atoms with Crippen LogP contribution < -0.4 is 5.32 Å². The Balaban J connectivity index is 1.99. The van der Waals surface area contributed by atoms with E-state index in [1.807, 2.05) is 11.1 Å². The summed E-state index contributed by atoms with van der Waals surface area (Å²) < 4.78 is 27.7. The molecule has 2 nitrogen and oxygen atoms in total. The molecule has 1 N–H and O–H groups in total. The molecular weight excluding hydrogens is 258 g/mol. The van der Waals surface area contributed by atoms with Crippen LogP contribution in [-0.4, -0.2) is 11.4 Å². The predicted molar refractivity (Wildman–Crippen MR) is 65.8 cm³/mol. The number of allylic oxidation sites excluding steroid dienone is 1. The van der Waals surface area contributed by atoms with E-state index in [1.54, 1.807) is 0 Å². The van der Waals surface area contributed by atoms with Gasteiger partial charge in [0.05, 0.1) is 5.02 Å². The third kappa shape index (κ3) is 1.60. The SMILES string of the molecule is C=C1NC=C2C[C@H](c3c(F)ccc(Cl)c3F)CN12. The maximum atomic E-state index is 13.9. The summed E-state index contributed by atoms with van der Waals surface area (Å²) in [5.41, 5.74) is 1.08. The highest BCUT2D eigenvalue weighted by Gasteiger charge is 2.35. The fourth-order valence-electron chi connectivity index (χ4n) is 2.54. The highest BCUT2D eigenvalue weighted by molar-refractivity contribution is 6.30. The second kappa shape index (κ2) is 3.99. The van der Waals surface area contributed by atoms with Gasteiger partial charge in [0, 0.05) is 29.9 Å². The molecule has 94 valence electrons. The molecule has 0 bridgehead atoms. The van der Waals surface area contributed by atoms with Crippen molar-refractivity contribution < 1.29 is 8.78 Å². The third-order valence-corrected chi connectivity index (χ3v) is 3.72. The lowest BCUT2D eigenvalue weighted by atomic mass is 9.96. The summed E-state index contributed by atoms with van der Waals surface area (Å²) in [6.07, 6.45) is 2.41. The van der Waals surface area contributed by atoms with Gasteiger partial charge in [-0.2, -0.15) is 0 Å². The van der Waals surface area contributed by atoms with Gasteiger partial charge >= 0.3 is 0 Å². The minimum absolute atomic E-state index is 0.0376. The Morgan fingerprint density at radius 2 is 2.17 bits per heavy atom. The van der Waals surface area contributed by atoms with Crippen LogP contribution in [0.3, 0.4) is 0 Å². The second-order valence-corrected chi connectivity index (χ2v) is 4.90. The summed E-state index contributed by atoms with van der Waals surface area (Å²) in [7, 11) is 0. The summed E-state index contributed by atoms with van der Waals surface area (Å²) >= 11 is 5.71. The number of halogens is 3. The van der Waals surface area contributed by atoms with Gasteiger partial charge in [0.1, 0.15) is 17.5 Å². The van der Waals surface area contributed by atoms with Crippen LogP contribution in [0.4, 0.5) is 8.78 Å². The zero-order valence-corrected chi connectivity index (χ0v) is 10.3. The first-order chi connectivity index (χ1) is 8.58. The molecule has 0 unspecified atom stereocenters. The van der Waals surface area contributed by atoms with Crippen molar-refractivity contribution in [1.82, 2.24) is 10.2 Å². The number of nitrogens with one attached hydrogen (secondary N) is 1. The number of rotatable bonds is 1. The zero-order valence-electron chi connectivity index (χ0n) is 9.51. The summed E-state index contributed by atoms with van der Waals surface area (Å²) in [5, 5.41) is 2.95. The molecule has 1 atom stereocenters. The Hall–Kier alpha value is -1.55. The Labute approximate surface area is 109 Å². The molecule has 1 aromatic rings. The van der Waals surface area contributed by atoms with Gasteiger partial charge in [-0.1, -0.05) is 18.2 Å². The second-order valence-electron chi connectivity index (χ2n) is 4.50. The fraction of sp³-hybridized carbons (Fsp3) is 0.231. The highest BCUT2D eigenvalue weighted by Crippen LogP contribution is 2.40. The molecule has 1 saturated heterocycles. The number of fused-ring (bicyclic) bond motifs is 1. The maximum absolute atomic E-state index is 13.9. The zero-order chi connectivity index (χ0) is 12.9. The molecule has 5 heteroatoms. The number of hydrogen-bond donors (Lipinski definition) is 1. The molecule has 3 rings (SSSR count). The number of nitrogens with zero attached hydrogens (tertiary/aromatic N) is 1. The van der Waals surface area contributed by atoms with Gasteiger partial charge in [-0.25, -0.2) is 8.78 Å². The van der Waals surface area contributed by atoms with Gasteiger partial charge in [0.15, 0.2) is 0 Å². The molecule has 0 spiro atoms. The lowest BCUT2D eigenvalue weighted by molar-refractivity contribution is 0.461. The number of hydrogen-bond acceptors (Lipinski definition) is 2. The first-order valence-electron chi connectivity index (χ1n) is 5.63. The molecule has 2 heterocycles. The van der Waals surface area contributed by atoms with E-state index in [9.17, 15) is 8.78 Å². The molecule has 0 aromatic heterocycles. The predicted octanol–water partition coefficient (Wildman–Crippen LogP) is 3.32. The minimum Gasteiger partial charge on any atom is -0.347 e. The van der Waals surface area contributed by atoms with Crippen molar-refractivity contribution in [3.05, 3.63) is 58.7 Å². The average Bonchev–Trinajstić information content (AvgIpc) is 2.88. The lowest BCUT2D eigenvalue weighted by Crippen LogP contribution is -2.19. The van der Waals surface area contributed by atoms with Gasteiger partial charge in [0.2, 0.25) is 0 Å². The monoisotopic (exact) mass is 268 g/mol. The largest absolute Gasteiger partial charge is 0.347 e. The van der Waals surface area contributed by atoms with Crippen LogP contribution in [0.5, 0.6) is 0 Å². The Morgan fingerprint density at radius 1 is 1.39 bits per heavy atom. The molecular formula is C13H11ClF2N2. The summed E-state index contributed by atoms with van der Waals surface area (Å²) in [6.45, 7) is 4.36. The van der Waals surface area contributed by atoms with E-state index in [0.717, 1.165) is 11.5 Å². The van der Waals surface area contributed by atoms with E-state index in [2.05, 4.69) is 11.9 Å². The van der Waals surface area contributed by atoms with Crippen molar-refractivity contribution in [3.63, 3.8) is 0 Å². The van der Waals surface area contributed by atoms with E-state index >= 15 is 0 Å². The van der Waals surface area contributed by atoms with E-state index in [1.165, 1.54) is 12.1 Å². The van der Waals surface area contributed by atoms with Crippen molar-refractivity contribution in [2.75, 3.05) is 6.54 Å². The fourth-order valence-corrected chi connectivity index (χ4v) is 2.70. The highest BCUT2D eigenvalue weighted by atomic mass is 35.5. The van der Waals surface area contributed by atoms with Gasteiger partial charge < -0.3 is 10.2 Å². The molecule has 2 aliphatic heterocycles. The average molecular weight is 269 g/mol. The summed E-state index contributed by atoms with van der Waals surface area (Å²) in [5.74, 6) is -0.673. The van der Waals surface area contributed by atoms with Crippen LogP contribution >= 0.6 is 11.6 Å². The Bertz CT molecular complexity index is 568. The molecule has 18 heavy (non-hydrogen) atoms. The smallest absolute Gasteiger partial charge is 0.148 e. The minimum atomic E-state index is -0.651. The number of benzene rings is 1. The van der Waals surface area contributed by atoms with Crippen LogP contribution in [0, 0.1) is 11.6 Å². The van der Waals surface area contributed by atoms with Crippen molar-refractivity contribution in [3.8, 4) is 0 Å². The summed E-state index contributed by atoms with van der Waals surface area (Å²) in [6, 6.07) is 2.46. The van der Waals surface area contributed by atoms with E-state index in [-0.39, 0.29) is 16.5 Å². The van der Waals surface area contributed by atoms with Gasteiger partial charge in [-0.15, -0.1) is 0 Å². The first-order valence-corrected chi connectivity index (χ1v) is 6.01. The van der Waals surface area contributed by atoms with Gasteiger partial charge in [-0.05, 0) is 18.6 Å². The molecule has 0 aliphatic carbocycles. The van der Waals surface area contributed by atoms with Gasteiger partial charge in [0.25, 0.3) is 0 Å². The molecule has 1 fully saturated rings. The van der Waals surface area contributed by atoms with E-state index in [0.29, 0.717) is 13.0 Å². The standard InChI is InChI=1S/C13H11ClF2N2/c1-7-17-5-9-4-8(6-18(7)9)12-11(15)3-2-10(14)13(12)16/h2-3,5,8,17H,1,4,6H2/t8-/m0/s1. The van der Waals surface area contributed by atoms with E-state index < -0.39 is 11.6 Å². The lowest BCUT2D eigenvalue weighted by Gasteiger charge is -2.17. The maximum Gasteiger partial charge on any atom is 0.148 e. The van der Waals surface area contributed by atoms with Crippen LogP contribution in [0.2, 0.25) is 5.02 Å². The first kappa shape index (κ1) is 11.5. The molecule has 0 amide bonds. The van der Waals surface area contributed by atoms with Crippen LogP contribution in [0.1, 0.15) is 17.9 Å². The molecule has 2 aliphatic rings. The topological polar surface area (TPSA) is 15.3 Å². The van der Waals surface area contributed by atoms with Crippen LogP contribution in [-0.2, 0) is 0 Å². The quantitative estimate of drug-likeness (QED) is 0.786. The van der Waals surface area contributed by atoms with Crippen molar-refractivity contribution >= 4 is 11.6 Å². The molecule has 1 aromatic carbocycles. The van der Waals surface area contributed by atoms with Crippen molar-refractivity contribution in [1.29, 1.82) is 0 Å². The normalized spacial score (nSPS) is 21.9. The van der Waals surface area contributed by atoms with E-state index in [4.69, 9.17) is 11.6 Å². The van der Waals surface area contributed by atoms with Crippen molar-refractivity contribution in [2.24, 2.45) is 0 Å². The Kier molecular flexibility index (Phi) is 2.55. The van der Waals surface area contributed by atoms with Crippen molar-refractivity contribution in [2.45, 2.75) is 12.3 Å².